The summed E-state index contributed by atoms with van der Waals surface area (Å²) in [6, 6.07) is 0. The van der Waals surface area contributed by atoms with Crippen LogP contribution in [0.1, 0.15) is 26.7 Å². The Balaban J connectivity index is 2.79. The second-order valence-corrected chi connectivity index (χ2v) is 3.38. The van der Waals surface area contributed by atoms with Gasteiger partial charge in [-0.25, -0.2) is 4.79 Å². The predicted molar refractivity (Wildman–Crippen MR) is 49.6 cm³/mol. The molecular formula is C10H16O3. The number of aliphatic carboxylic acids is 1. The third-order valence-corrected chi connectivity index (χ3v) is 2.63. The second kappa shape index (κ2) is 4.42. The highest BCUT2D eigenvalue weighted by Gasteiger charge is 2.21. The van der Waals surface area contributed by atoms with Crippen LogP contribution in [-0.4, -0.2) is 24.3 Å². The average Bonchev–Trinajstić information content (AvgIpc) is 2.56. The van der Waals surface area contributed by atoms with E-state index in [4.69, 9.17) is 9.84 Å². The highest BCUT2D eigenvalue weighted by molar-refractivity contribution is 5.87. The molecular weight excluding hydrogens is 168 g/mol. The van der Waals surface area contributed by atoms with Gasteiger partial charge in [-0.2, -0.15) is 0 Å². The van der Waals surface area contributed by atoms with Gasteiger partial charge in [0.2, 0.25) is 0 Å². The van der Waals surface area contributed by atoms with Crippen LogP contribution in [0.15, 0.2) is 11.1 Å². The lowest BCUT2D eigenvalue weighted by atomic mass is 9.94. The van der Waals surface area contributed by atoms with Crippen LogP contribution in [0.4, 0.5) is 0 Å². The molecule has 1 atom stereocenters. The Bertz CT molecular complexity index is 224. The number of carboxylic acid groups (broad SMARTS) is 1. The van der Waals surface area contributed by atoms with Crippen LogP contribution < -0.4 is 0 Å². The lowest BCUT2D eigenvalue weighted by Gasteiger charge is -2.11. The van der Waals surface area contributed by atoms with E-state index in [0.29, 0.717) is 24.5 Å². The third-order valence-electron chi connectivity index (χ3n) is 2.63. The van der Waals surface area contributed by atoms with Crippen LogP contribution in [0.3, 0.4) is 0 Å². The Morgan fingerprint density at radius 1 is 1.62 bits per heavy atom. The molecule has 13 heavy (non-hydrogen) atoms. The Hall–Kier alpha value is -0.830. The van der Waals surface area contributed by atoms with E-state index in [2.05, 4.69) is 0 Å². The molecule has 74 valence electrons. The van der Waals surface area contributed by atoms with Gasteiger partial charge in [0.05, 0.1) is 6.61 Å². The van der Waals surface area contributed by atoms with E-state index >= 15 is 0 Å². The summed E-state index contributed by atoms with van der Waals surface area (Å²) in [5.41, 5.74) is 1.54. The van der Waals surface area contributed by atoms with Crippen molar-refractivity contribution in [2.75, 3.05) is 13.2 Å². The van der Waals surface area contributed by atoms with Gasteiger partial charge in [0.25, 0.3) is 0 Å². The Kier molecular flexibility index (Phi) is 3.48. The van der Waals surface area contributed by atoms with Crippen molar-refractivity contribution in [3.63, 3.8) is 0 Å². The van der Waals surface area contributed by atoms with Gasteiger partial charge >= 0.3 is 5.97 Å². The molecule has 1 saturated heterocycles. The molecule has 1 rings (SSSR count). The maximum Gasteiger partial charge on any atom is 0.331 e. The first-order chi connectivity index (χ1) is 6.16. The highest BCUT2D eigenvalue weighted by atomic mass is 16.5. The van der Waals surface area contributed by atoms with E-state index in [1.807, 2.05) is 13.8 Å². The molecule has 1 unspecified atom stereocenters. The fraction of sp³-hybridized carbons (Fsp3) is 0.700. The molecule has 1 aliphatic rings. The zero-order valence-electron chi connectivity index (χ0n) is 8.17. The van der Waals surface area contributed by atoms with Crippen LogP contribution >= 0.6 is 0 Å². The summed E-state index contributed by atoms with van der Waals surface area (Å²) in [6.45, 7) is 5.23. The van der Waals surface area contributed by atoms with E-state index < -0.39 is 5.97 Å². The van der Waals surface area contributed by atoms with Crippen LogP contribution in [-0.2, 0) is 9.53 Å². The molecule has 1 fully saturated rings. The van der Waals surface area contributed by atoms with Crippen molar-refractivity contribution < 1.29 is 14.6 Å². The molecule has 0 bridgehead atoms. The summed E-state index contributed by atoms with van der Waals surface area (Å²) in [5.74, 6) is -0.460. The predicted octanol–water partition coefficient (Wildman–Crippen LogP) is 1.83. The topological polar surface area (TPSA) is 46.5 Å². The molecule has 1 heterocycles. The van der Waals surface area contributed by atoms with Gasteiger partial charge in [-0.1, -0.05) is 12.5 Å². The van der Waals surface area contributed by atoms with Crippen molar-refractivity contribution in [3.05, 3.63) is 11.1 Å². The summed E-state index contributed by atoms with van der Waals surface area (Å²) in [5, 5.41) is 8.91. The minimum Gasteiger partial charge on any atom is -0.478 e. The number of carboxylic acids is 1. The van der Waals surface area contributed by atoms with Gasteiger partial charge in [0.1, 0.15) is 0 Å². The Morgan fingerprint density at radius 2 is 2.31 bits per heavy atom. The summed E-state index contributed by atoms with van der Waals surface area (Å²) >= 11 is 0. The van der Waals surface area contributed by atoms with Gasteiger partial charge in [0.15, 0.2) is 0 Å². The van der Waals surface area contributed by atoms with Crippen LogP contribution in [0.25, 0.3) is 0 Å². The van der Waals surface area contributed by atoms with E-state index in [-0.39, 0.29) is 0 Å². The molecule has 0 spiro atoms. The van der Waals surface area contributed by atoms with Gasteiger partial charge in [-0.3, -0.25) is 0 Å². The quantitative estimate of drug-likeness (QED) is 0.681. The molecule has 0 aromatic carbocycles. The van der Waals surface area contributed by atoms with E-state index in [9.17, 15) is 4.79 Å². The highest BCUT2D eigenvalue weighted by Crippen LogP contribution is 2.25. The van der Waals surface area contributed by atoms with E-state index in [0.717, 1.165) is 18.6 Å². The van der Waals surface area contributed by atoms with Gasteiger partial charge in [-0.05, 0) is 19.8 Å². The summed E-state index contributed by atoms with van der Waals surface area (Å²) in [7, 11) is 0. The lowest BCUT2D eigenvalue weighted by Crippen LogP contribution is -2.09. The standard InChI is InChI=1S/C10H16O3/c1-3-9(10(11)12)7(2)8-4-5-13-6-8/h8H,3-6H2,1-2H3,(H,11,12)/b9-7-. The van der Waals surface area contributed by atoms with Crippen LogP contribution in [0, 0.1) is 5.92 Å². The van der Waals surface area contributed by atoms with Gasteiger partial charge < -0.3 is 9.84 Å². The lowest BCUT2D eigenvalue weighted by molar-refractivity contribution is -0.132. The summed E-state index contributed by atoms with van der Waals surface area (Å²) in [4.78, 5) is 10.8. The first-order valence-electron chi connectivity index (χ1n) is 4.67. The van der Waals surface area contributed by atoms with Crippen molar-refractivity contribution in [2.24, 2.45) is 5.92 Å². The zero-order chi connectivity index (χ0) is 9.84. The molecule has 3 nitrogen and oxygen atoms in total. The van der Waals surface area contributed by atoms with Crippen LogP contribution in [0.2, 0.25) is 0 Å². The average molecular weight is 184 g/mol. The monoisotopic (exact) mass is 184 g/mol. The summed E-state index contributed by atoms with van der Waals surface area (Å²) < 4.78 is 5.23. The van der Waals surface area contributed by atoms with Gasteiger partial charge in [-0.15, -0.1) is 0 Å². The normalized spacial score (nSPS) is 24.3. The summed E-state index contributed by atoms with van der Waals surface area (Å²) in [6.07, 6.45) is 1.56. The van der Waals surface area contributed by atoms with E-state index in [1.165, 1.54) is 0 Å². The number of hydrogen-bond acceptors (Lipinski definition) is 2. The first-order valence-corrected chi connectivity index (χ1v) is 4.67. The molecule has 0 aromatic heterocycles. The molecule has 0 amide bonds. The number of hydrogen-bond donors (Lipinski definition) is 1. The molecule has 1 aliphatic heterocycles. The molecule has 0 saturated carbocycles. The largest absolute Gasteiger partial charge is 0.478 e. The van der Waals surface area contributed by atoms with Crippen molar-refractivity contribution in [2.45, 2.75) is 26.7 Å². The maximum absolute atomic E-state index is 10.8. The van der Waals surface area contributed by atoms with Crippen LogP contribution in [0.5, 0.6) is 0 Å². The third kappa shape index (κ3) is 2.31. The fourth-order valence-electron chi connectivity index (χ4n) is 1.72. The number of carbonyl (C=O) groups is 1. The van der Waals surface area contributed by atoms with Crippen molar-refractivity contribution in [1.29, 1.82) is 0 Å². The minimum absolute atomic E-state index is 0.325. The molecule has 0 aromatic rings. The molecule has 0 radical (unpaired) electrons. The maximum atomic E-state index is 10.8. The fourth-order valence-corrected chi connectivity index (χ4v) is 1.72. The number of ether oxygens (including phenoxy) is 1. The molecule has 0 aliphatic carbocycles. The zero-order valence-corrected chi connectivity index (χ0v) is 8.17. The van der Waals surface area contributed by atoms with Crippen molar-refractivity contribution in [3.8, 4) is 0 Å². The van der Waals surface area contributed by atoms with Crippen molar-refractivity contribution >= 4 is 5.97 Å². The minimum atomic E-state index is -0.785. The Labute approximate surface area is 78.4 Å². The SMILES string of the molecule is CC/C(C(=O)O)=C(\C)C1CCOC1. The first kappa shape index (κ1) is 10.3. The van der Waals surface area contributed by atoms with Crippen molar-refractivity contribution in [1.82, 2.24) is 0 Å². The molecule has 1 N–H and O–H groups in total. The van der Waals surface area contributed by atoms with Gasteiger partial charge in [0, 0.05) is 18.1 Å². The smallest absolute Gasteiger partial charge is 0.331 e. The molecule has 3 heteroatoms. The Morgan fingerprint density at radius 3 is 2.69 bits per heavy atom. The second-order valence-electron chi connectivity index (χ2n) is 3.38. The number of rotatable bonds is 3. The van der Waals surface area contributed by atoms with E-state index in [1.54, 1.807) is 0 Å².